The Kier molecular flexibility index (Phi) is 26.0. The summed E-state index contributed by atoms with van der Waals surface area (Å²) < 4.78 is 96.3. The molecule has 150 heavy (non-hydrogen) atoms. The summed E-state index contributed by atoms with van der Waals surface area (Å²) in [5, 5.41) is 39.9. The number of rotatable bonds is 8. The molecule has 3 aromatic heterocycles. The first-order chi connectivity index (χ1) is 69.1. The molecule has 0 aromatic carbocycles. The van der Waals surface area contributed by atoms with E-state index in [2.05, 4.69) is 225 Å². The number of aliphatic hydroxyl groups excluding tert-OH is 2. The van der Waals surface area contributed by atoms with Gasteiger partial charge in [0, 0.05) is 113 Å². The maximum absolute atomic E-state index is 14.6. The summed E-state index contributed by atoms with van der Waals surface area (Å²) >= 11 is 0. The molecule has 3 heterocycles. The number of alkyl halides is 6. The predicted molar refractivity (Wildman–Crippen MR) is 571 cm³/mol. The Morgan fingerprint density at radius 1 is 0.353 bits per heavy atom. The number of aldehydes is 1. The van der Waals surface area contributed by atoms with Crippen LogP contribution < -0.4 is 10.6 Å². The lowest BCUT2D eigenvalue weighted by Crippen LogP contribution is -2.69. The van der Waals surface area contributed by atoms with E-state index >= 15 is 0 Å². The van der Waals surface area contributed by atoms with Crippen molar-refractivity contribution >= 4 is 29.4 Å². The van der Waals surface area contributed by atoms with Crippen LogP contribution in [0, 0.1) is 215 Å². The van der Waals surface area contributed by atoms with E-state index < -0.39 is 30.9 Å². The van der Waals surface area contributed by atoms with Gasteiger partial charge in [0.1, 0.15) is 52.5 Å². The van der Waals surface area contributed by atoms with Crippen LogP contribution in [-0.4, -0.2) is 100 Å². The average Bonchev–Trinajstić information content (AvgIpc) is 0.925. The summed E-state index contributed by atoms with van der Waals surface area (Å²) in [6.45, 7) is 72.8. The molecule has 0 spiro atoms. The zero-order chi connectivity index (χ0) is 109. The molecule has 834 valence electrons. The zero-order valence-corrected chi connectivity index (χ0v) is 97.3. The van der Waals surface area contributed by atoms with E-state index in [4.69, 9.17) is 20.1 Å². The lowest BCUT2D eigenvalue weighted by atomic mass is 9.31. The SMILES string of the molecule is CC1(C)CC[C@]2(C=O)CC[C@]3(C)[C@H](C(=O)C[C@@H]4[C@@]5(C)Cc6cnoc6C(C)(C)[C@@H]5CC[C@]43C)[C@@H]2C1.CC1(C)CC[C@]2(CNCC(F)(F)F)CC[C@]3(C)[C@H](C(=O)C[C@@H]4[C@@]5(C)Cc6cnoc6C(C)(C)[C@@H]5CC[C@]43C)[C@@H]2C1.CC1(C)CC[C@]2(CO)CC[C@]3(C)[C@H](C(=O)C[C@@H]4[C@@]5(C)Cc6cnoc6C(C)(C)[C@@H]5CC[C@]43C)[C@@H]2C1.[C-]#[N+]C1=C(O)C(C)(C)[C@@H]2CC[C@]3(C)[C@H](CC(=O)[C@@H]4[C@@H]5CC(C)(C)CC[C@]5(CNCC(F)(F)F)CC[C@]43C)[C@@]2(C)C1. The predicted octanol–water partition coefficient (Wildman–Crippen LogP) is 30.1. The fourth-order valence-electron chi connectivity index (χ4n) is 45.9. The molecule has 32 atom stereocenters. The van der Waals surface area contributed by atoms with Crippen molar-refractivity contribution in [2.45, 2.75) is 454 Å². The molecule has 0 unspecified atom stereocenters. The van der Waals surface area contributed by atoms with Gasteiger partial charge in [-0.15, -0.1) is 0 Å². The van der Waals surface area contributed by atoms with Crippen LogP contribution in [0.5, 0.6) is 0 Å². The highest BCUT2D eigenvalue weighted by Crippen LogP contribution is 2.84. The number of hydrogen-bond donors (Lipinski definition) is 4. The third-order valence-corrected chi connectivity index (χ3v) is 54.3. The van der Waals surface area contributed by atoms with Crippen LogP contribution >= 0.6 is 0 Å². The van der Waals surface area contributed by atoms with Crippen LogP contribution in [0.1, 0.15) is 440 Å². The minimum absolute atomic E-state index is 0.00317. The summed E-state index contributed by atoms with van der Waals surface area (Å²) in [4.78, 5) is 74.4. The van der Waals surface area contributed by atoms with Gasteiger partial charge in [-0.2, -0.15) is 26.3 Å². The van der Waals surface area contributed by atoms with Crippen molar-refractivity contribution in [2.75, 3.05) is 32.8 Å². The van der Waals surface area contributed by atoms with Gasteiger partial charge in [0.2, 0.25) is 5.70 Å². The maximum Gasteiger partial charge on any atom is 0.401 e. The molecule has 4 N–H and O–H groups in total. The van der Waals surface area contributed by atoms with Crippen molar-refractivity contribution in [1.82, 2.24) is 26.1 Å². The summed E-state index contributed by atoms with van der Waals surface area (Å²) in [5.74, 6) is 8.24. The van der Waals surface area contributed by atoms with Crippen LogP contribution in [0.4, 0.5) is 26.3 Å². The van der Waals surface area contributed by atoms with Crippen molar-refractivity contribution in [3.8, 4) is 0 Å². The highest BCUT2D eigenvalue weighted by Gasteiger charge is 2.80. The monoisotopic (exact) mass is 2090 g/mol. The number of aromatic nitrogens is 3. The highest BCUT2D eigenvalue weighted by molar-refractivity contribution is 5.87. The van der Waals surface area contributed by atoms with Gasteiger partial charge in [0.25, 0.3) is 0 Å². The third-order valence-electron chi connectivity index (χ3n) is 54.3. The van der Waals surface area contributed by atoms with Crippen molar-refractivity contribution in [3.63, 3.8) is 0 Å². The van der Waals surface area contributed by atoms with Crippen LogP contribution in [0.2, 0.25) is 0 Å². The molecule has 0 saturated heterocycles. The lowest BCUT2D eigenvalue weighted by Gasteiger charge is -2.72. The smallest absolute Gasteiger partial charge is 0.401 e. The molecular weight excluding hydrogens is 1900 g/mol. The Bertz CT molecular complexity index is 5880. The minimum Gasteiger partial charge on any atom is -0.523 e. The number of carbonyl (C=O) groups is 5. The normalized spacial score (nSPS) is 47.6. The van der Waals surface area contributed by atoms with Crippen molar-refractivity contribution < 1.29 is 74.1 Å². The number of halogens is 6. The summed E-state index contributed by atoms with van der Waals surface area (Å²) in [6.07, 6.45) is 32.7. The summed E-state index contributed by atoms with van der Waals surface area (Å²) in [6, 6.07) is 0. The topological polar surface area (TPSA) is 232 Å². The first-order valence-corrected chi connectivity index (χ1v) is 59.5. The number of allylic oxidation sites excluding steroid dienone is 2. The molecule has 0 aliphatic heterocycles. The Hall–Kier alpha value is -5.53. The average molecular weight is 2090 g/mol. The summed E-state index contributed by atoms with van der Waals surface area (Å²) in [7, 11) is 0. The fraction of sp³-hybridized carbons (Fsp3) is 0.867. The van der Waals surface area contributed by atoms with Crippen LogP contribution in [0.25, 0.3) is 4.85 Å². The van der Waals surface area contributed by atoms with E-state index in [0.717, 1.165) is 197 Å². The number of aliphatic hydroxyl groups is 2. The quantitative estimate of drug-likeness (QED) is 0.0933. The Labute approximate surface area is 894 Å². The second-order valence-electron chi connectivity index (χ2n) is 64.5. The number of Topliss-reactive ketones (excluding diaryl/α,β-unsaturated/α-hetero) is 4. The second-order valence-corrected chi connectivity index (χ2v) is 64.5. The molecular formula is C128H190F6N6O10. The van der Waals surface area contributed by atoms with Crippen LogP contribution in [0.3, 0.4) is 0 Å². The molecule has 20 aliphatic rings. The molecule has 20 aliphatic carbocycles. The van der Waals surface area contributed by atoms with Gasteiger partial charge in [0.05, 0.1) is 38.3 Å². The third kappa shape index (κ3) is 15.8. The number of fused-ring (bicyclic) bond motifs is 31. The standard InChI is InChI=1S/2C33H49F3N2O2.C31H47NO3.C31H45NO3/c1-27(2)10-12-32(18-37-19-33(34,35)36)13-11-31(7)25(21(32)16-27)22(39)14-24-29(5)15-20-17-38-40-26(20)28(3,4)23(29)8-9-30(24,31)6;1-27(2)11-13-32(18-38-19-33(34,35)36)14-12-31(7)25(20(32)16-27)22(39)15-24-29(5)17-21(37-8)26(40)28(3,4)23(29)9-10-30(24,31)6;2*1-26(2)10-12-31(18-33)13-11-30(7)24(20(31)16-26)21(34)14-23-28(5)15-19-17-32-35-25(19)27(3,4)22(28)8-9-29(23,30)6/h17,21,23-25,37H,8-16,18-19H2,1-7H3;20,23-25,38,40H,9-19H2,1-7H3;17,20,22-24,33H,8-16,18H2,1-7H3;17-18,20,22-24H,8-16H2,1-7H3/t21-,23-,24+,25-,29-,30+,31+,32+;20-,23-,24+,25-,29-,30+,31+,32+;2*20-,22-,23+,24-,28-,29+,30+,31+/m0000/s1. The van der Waals surface area contributed by atoms with Gasteiger partial charge in [-0.05, 0) is 379 Å². The highest BCUT2D eigenvalue weighted by atomic mass is 19.4. The number of carbonyl (C=O) groups excluding carboxylic acids is 5. The molecule has 22 heteroatoms. The second kappa shape index (κ2) is 35.0. The van der Waals surface area contributed by atoms with Gasteiger partial charge in [0.15, 0.2) is 0 Å². The zero-order valence-electron chi connectivity index (χ0n) is 97.3. The first kappa shape index (κ1) is 111. The summed E-state index contributed by atoms with van der Waals surface area (Å²) in [5.41, 5.74) is 2.51. The molecule has 23 rings (SSSR count). The van der Waals surface area contributed by atoms with Crippen molar-refractivity contribution in [3.05, 3.63) is 75.4 Å². The molecule has 16 nitrogen and oxygen atoms in total. The van der Waals surface area contributed by atoms with Crippen LogP contribution in [-0.2, 0) is 59.5 Å². The first-order valence-electron chi connectivity index (χ1n) is 59.5. The van der Waals surface area contributed by atoms with Gasteiger partial charge in [-0.1, -0.05) is 209 Å². The van der Waals surface area contributed by atoms with Gasteiger partial charge in [-0.25, -0.2) is 4.85 Å². The van der Waals surface area contributed by atoms with E-state index in [1.807, 2.05) is 18.6 Å². The van der Waals surface area contributed by atoms with E-state index in [-0.39, 0.29) is 202 Å². The van der Waals surface area contributed by atoms with Gasteiger partial charge < -0.3 is 39.2 Å². The fourth-order valence-corrected chi connectivity index (χ4v) is 45.9. The molecule has 0 amide bonds. The van der Waals surface area contributed by atoms with E-state index in [1.54, 1.807) is 0 Å². The van der Waals surface area contributed by atoms with Crippen LogP contribution in [0.15, 0.2) is 43.6 Å². The van der Waals surface area contributed by atoms with E-state index in [0.29, 0.717) is 104 Å². The van der Waals surface area contributed by atoms with Crippen molar-refractivity contribution in [2.24, 2.45) is 208 Å². The number of nitrogens with one attached hydrogen (secondary N) is 2. The van der Waals surface area contributed by atoms with Gasteiger partial charge in [-0.3, -0.25) is 19.2 Å². The van der Waals surface area contributed by atoms with E-state index in [9.17, 15) is 60.5 Å². The molecule has 0 radical (unpaired) electrons. The number of nitrogens with zero attached hydrogens (tertiary/aromatic N) is 4. The maximum atomic E-state index is 14.6. The molecule has 16 saturated carbocycles. The van der Waals surface area contributed by atoms with Gasteiger partial charge >= 0.3 is 12.4 Å². The Balaban J connectivity index is 0.000000121. The number of hydrogen-bond acceptors (Lipinski definition) is 15. The molecule has 3 aromatic rings. The molecule has 16 fully saturated rings. The van der Waals surface area contributed by atoms with Crippen molar-refractivity contribution in [1.29, 1.82) is 0 Å². The van der Waals surface area contributed by atoms with E-state index in [1.165, 1.54) is 42.2 Å². The minimum atomic E-state index is -4.25. The number of ketones is 4. The largest absolute Gasteiger partial charge is 0.523 e. The molecule has 0 bridgehead atoms. The Morgan fingerprint density at radius 2 is 0.613 bits per heavy atom. The lowest BCUT2D eigenvalue weighted by molar-refractivity contribution is -0.232. The Morgan fingerprint density at radius 3 is 0.920 bits per heavy atom.